The van der Waals surface area contributed by atoms with Crippen LogP contribution in [0.3, 0.4) is 0 Å². The highest BCUT2D eigenvalue weighted by atomic mass is 32.1. The molecule has 0 saturated heterocycles. The van der Waals surface area contributed by atoms with Crippen LogP contribution in [0, 0.1) is 17.6 Å². The summed E-state index contributed by atoms with van der Waals surface area (Å²) in [6, 6.07) is 0.451. The zero-order valence-corrected chi connectivity index (χ0v) is 8.69. The average molecular weight is 245 g/mol. The molecule has 2 aromatic heterocycles. The molecule has 0 spiro atoms. The molecule has 84 valence electrons. The van der Waals surface area contributed by atoms with E-state index in [2.05, 4.69) is 15.3 Å². The highest BCUT2D eigenvalue weighted by molar-refractivity contribution is 7.09. The van der Waals surface area contributed by atoms with Gasteiger partial charge in [0.25, 0.3) is 5.95 Å². The van der Waals surface area contributed by atoms with Crippen LogP contribution in [0.2, 0.25) is 0 Å². The van der Waals surface area contributed by atoms with E-state index < -0.39 is 17.6 Å². The molecule has 0 fully saturated rings. The van der Waals surface area contributed by atoms with E-state index >= 15 is 0 Å². The fourth-order valence-corrected chi connectivity index (χ4v) is 1.62. The number of hydrogen-bond donors (Lipinski definition) is 1. The van der Waals surface area contributed by atoms with Gasteiger partial charge in [0.1, 0.15) is 5.01 Å². The zero-order chi connectivity index (χ0) is 11.5. The van der Waals surface area contributed by atoms with Gasteiger partial charge in [0.15, 0.2) is 17.5 Å². The summed E-state index contributed by atoms with van der Waals surface area (Å²) in [5, 5.41) is 4.99. The number of aromatic nitrogens is 2. The largest absolute Gasteiger partial charge is 0.361 e. The Kier molecular flexibility index (Phi) is 3.04. The highest BCUT2D eigenvalue weighted by Crippen LogP contribution is 2.15. The van der Waals surface area contributed by atoms with Crippen molar-refractivity contribution in [2.75, 3.05) is 5.32 Å². The van der Waals surface area contributed by atoms with Gasteiger partial charge in [-0.1, -0.05) is 0 Å². The smallest absolute Gasteiger partial charge is 0.251 e. The van der Waals surface area contributed by atoms with Crippen LogP contribution in [0.5, 0.6) is 0 Å². The number of thiazole rings is 1. The van der Waals surface area contributed by atoms with Gasteiger partial charge in [-0.25, -0.2) is 13.8 Å². The maximum Gasteiger partial charge on any atom is 0.251 e. The molecular weight excluding hydrogens is 239 g/mol. The van der Waals surface area contributed by atoms with E-state index in [1.165, 1.54) is 11.3 Å². The van der Waals surface area contributed by atoms with E-state index in [1.807, 2.05) is 0 Å². The molecule has 0 unspecified atom stereocenters. The lowest BCUT2D eigenvalue weighted by molar-refractivity contribution is 0.466. The Bertz CT molecular complexity index is 487. The molecule has 2 heterocycles. The van der Waals surface area contributed by atoms with Crippen molar-refractivity contribution >= 4 is 17.2 Å². The van der Waals surface area contributed by atoms with Crippen LogP contribution in [-0.4, -0.2) is 9.97 Å². The molecule has 0 aliphatic heterocycles. The Morgan fingerprint density at radius 3 is 2.75 bits per heavy atom. The zero-order valence-electron chi connectivity index (χ0n) is 7.88. The van der Waals surface area contributed by atoms with Crippen molar-refractivity contribution < 1.29 is 13.2 Å². The fraction of sp³-hybridized carbons (Fsp3) is 0.111. The van der Waals surface area contributed by atoms with Crippen LogP contribution in [0.1, 0.15) is 5.01 Å². The molecule has 0 aliphatic rings. The summed E-state index contributed by atoms with van der Waals surface area (Å²) in [6.45, 7) is 0.215. The summed E-state index contributed by atoms with van der Waals surface area (Å²) in [7, 11) is 0. The standard InChI is InChI=1S/C9H6F3N3S/c10-5-3-6(11)9(15-8(5)12)14-4-7-13-1-2-16-7/h1-3H,4H2,(H,14,15). The first-order valence-corrected chi connectivity index (χ1v) is 5.18. The van der Waals surface area contributed by atoms with E-state index in [0.717, 1.165) is 0 Å². The van der Waals surface area contributed by atoms with Gasteiger partial charge in [-0.15, -0.1) is 11.3 Å². The molecule has 0 saturated carbocycles. The van der Waals surface area contributed by atoms with Gasteiger partial charge in [0.05, 0.1) is 6.54 Å². The molecular formula is C9H6F3N3S. The molecule has 0 aromatic carbocycles. The van der Waals surface area contributed by atoms with Crippen LogP contribution < -0.4 is 5.32 Å². The Morgan fingerprint density at radius 2 is 2.06 bits per heavy atom. The minimum absolute atomic E-state index is 0.215. The quantitative estimate of drug-likeness (QED) is 0.844. The van der Waals surface area contributed by atoms with Crippen molar-refractivity contribution in [3.05, 3.63) is 40.2 Å². The first-order valence-electron chi connectivity index (χ1n) is 4.30. The van der Waals surface area contributed by atoms with Crippen molar-refractivity contribution in [1.29, 1.82) is 0 Å². The van der Waals surface area contributed by atoms with Crippen molar-refractivity contribution in [1.82, 2.24) is 9.97 Å². The number of rotatable bonds is 3. The minimum atomic E-state index is -1.33. The Hall–Kier alpha value is -1.63. The number of nitrogens with one attached hydrogen (secondary N) is 1. The first-order chi connectivity index (χ1) is 7.66. The summed E-state index contributed by atoms with van der Waals surface area (Å²) in [4.78, 5) is 7.06. The van der Waals surface area contributed by atoms with E-state index in [4.69, 9.17) is 0 Å². The van der Waals surface area contributed by atoms with Gasteiger partial charge < -0.3 is 5.32 Å². The number of anilines is 1. The van der Waals surface area contributed by atoms with Crippen molar-refractivity contribution in [3.63, 3.8) is 0 Å². The second kappa shape index (κ2) is 4.48. The molecule has 0 bridgehead atoms. The molecule has 7 heteroatoms. The second-order valence-corrected chi connectivity index (χ2v) is 3.85. The molecule has 2 aromatic rings. The average Bonchev–Trinajstić information content (AvgIpc) is 2.74. The second-order valence-electron chi connectivity index (χ2n) is 2.87. The van der Waals surface area contributed by atoms with E-state index in [0.29, 0.717) is 11.1 Å². The van der Waals surface area contributed by atoms with E-state index in [9.17, 15) is 13.2 Å². The van der Waals surface area contributed by atoms with Gasteiger partial charge in [-0.05, 0) is 0 Å². The fourth-order valence-electron chi connectivity index (χ4n) is 1.07. The third-order valence-corrected chi connectivity index (χ3v) is 2.56. The van der Waals surface area contributed by atoms with Crippen molar-refractivity contribution in [2.24, 2.45) is 0 Å². The molecule has 2 rings (SSSR count). The molecule has 0 aliphatic carbocycles. The predicted molar refractivity (Wildman–Crippen MR) is 53.6 cm³/mol. The molecule has 0 radical (unpaired) electrons. The summed E-state index contributed by atoms with van der Waals surface area (Å²) in [5.74, 6) is -3.90. The number of nitrogens with zero attached hydrogens (tertiary/aromatic N) is 2. The van der Waals surface area contributed by atoms with Crippen LogP contribution in [0.15, 0.2) is 17.6 Å². The predicted octanol–water partition coefficient (Wildman–Crippen LogP) is 2.57. The lowest BCUT2D eigenvalue weighted by Gasteiger charge is -2.04. The van der Waals surface area contributed by atoms with Crippen LogP contribution in [0.4, 0.5) is 19.0 Å². The van der Waals surface area contributed by atoms with Gasteiger partial charge in [0.2, 0.25) is 0 Å². The monoisotopic (exact) mass is 245 g/mol. The molecule has 16 heavy (non-hydrogen) atoms. The minimum Gasteiger partial charge on any atom is -0.361 e. The molecule has 3 nitrogen and oxygen atoms in total. The maximum atomic E-state index is 13.1. The molecule has 0 atom stereocenters. The summed E-state index contributed by atoms with van der Waals surface area (Å²) >= 11 is 1.36. The van der Waals surface area contributed by atoms with Crippen LogP contribution in [-0.2, 0) is 6.54 Å². The third kappa shape index (κ3) is 2.30. The number of halogens is 3. The number of pyridine rings is 1. The summed E-state index contributed by atoms with van der Waals surface area (Å²) < 4.78 is 38.4. The van der Waals surface area contributed by atoms with Gasteiger partial charge in [-0.3, -0.25) is 0 Å². The third-order valence-electron chi connectivity index (χ3n) is 1.78. The van der Waals surface area contributed by atoms with Crippen molar-refractivity contribution in [3.8, 4) is 0 Å². The van der Waals surface area contributed by atoms with Gasteiger partial charge in [-0.2, -0.15) is 9.37 Å². The Labute approximate surface area is 93.0 Å². The van der Waals surface area contributed by atoms with Gasteiger partial charge in [0, 0.05) is 17.6 Å². The maximum absolute atomic E-state index is 13.1. The summed E-state index contributed by atoms with van der Waals surface area (Å²) in [5.41, 5.74) is 0. The van der Waals surface area contributed by atoms with E-state index in [1.54, 1.807) is 11.6 Å². The Morgan fingerprint density at radius 1 is 1.25 bits per heavy atom. The topological polar surface area (TPSA) is 37.8 Å². The normalized spacial score (nSPS) is 10.4. The van der Waals surface area contributed by atoms with Crippen LogP contribution in [0.25, 0.3) is 0 Å². The van der Waals surface area contributed by atoms with Gasteiger partial charge >= 0.3 is 0 Å². The highest BCUT2D eigenvalue weighted by Gasteiger charge is 2.11. The van der Waals surface area contributed by atoms with Crippen molar-refractivity contribution in [2.45, 2.75) is 6.54 Å². The first kappa shape index (κ1) is 10.9. The summed E-state index contributed by atoms with van der Waals surface area (Å²) in [6.07, 6.45) is 1.59. The lowest BCUT2D eigenvalue weighted by Crippen LogP contribution is -2.05. The van der Waals surface area contributed by atoms with Crippen LogP contribution >= 0.6 is 11.3 Å². The molecule has 1 N–H and O–H groups in total. The van der Waals surface area contributed by atoms with E-state index in [-0.39, 0.29) is 12.4 Å². The lowest BCUT2D eigenvalue weighted by atomic mass is 10.4. The SMILES string of the molecule is Fc1cc(F)c(NCc2nccs2)nc1F. The molecule has 0 amide bonds. The number of hydrogen-bond acceptors (Lipinski definition) is 4. The Balaban J connectivity index is 2.12.